The summed E-state index contributed by atoms with van der Waals surface area (Å²) in [5.41, 5.74) is 4.56. The maximum atomic E-state index is 3.76. The molecular weight excluding hydrogens is 196 g/mol. The molecule has 0 amide bonds. The number of hydrogen-bond acceptors (Lipinski definition) is 2. The van der Waals surface area contributed by atoms with E-state index in [1.807, 2.05) is 0 Å². The topological polar surface area (TPSA) is 15.0 Å². The van der Waals surface area contributed by atoms with E-state index in [1.165, 1.54) is 32.1 Å². The van der Waals surface area contributed by atoms with Crippen molar-refractivity contribution in [2.24, 2.45) is 5.92 Å². The molecule has 94 valence electrons. The second-order valence-electron chi connectivity index (χ2n) is 6.56. The Morgan fingerprint density at radius 1 is 1.38 bits per heavy atom. The van der Waals surface area contributed by atoms with Gasteiger partial charge in [0.05, 0.1) is 5.54 Å². The molecule has 0 aromatic rings. The Labute approximate surface area is 101 Å². The summed E-state index contributed by atoms with van der Waals surface area (Å²) in [5, 5.41) is 2.50. The number of unbranched alkanes of at least 4 members (excludes halogenated alkanes) is 1. The molecule has 0 aromatic carbocycles. The van der Waals surface area contributed by atoms with E-state index in [9.17, 15) is 0 Å². The lowest BCUT2D eigenvalue weighted by Crippen LogP contribution is -2.46. The molecule has 0 saturated carbocycles. The van der Waals surface area contributed by atoms with Crippen LogP contribution in [0.3, 0.4) is 0 Å². The molecule has 2 rings (SSSR count). The van der Waals surface area contributed by atoms with Crippen molar-refractivity contribution in [1.82, 2.24) is 10.4 Å². The molecule has 2 aliphatic rings. The minimum atomic E-state index is 0.367. The molecule has 0 aliphatic carbocycles. The zero-order valence-corrected chi connectivity index (χ0v) is 11.6. The van der Waals surface area contributed by atoms with Crippen LogP contribution < -0.4 is 5.43 Å². The number of rotatable bonds is 4. The number of nitrogens with one attached hydrogen (secondary N) is 1. The van der Waals surface area contributed by atoms with Crippen molar-refractivity contribution in [3.05, 3.63) is 0 Å². The normalized spacial score (nSPS) is 42.6. The van der Waals surface area contributed by atoms with Crippen LogP contribution in [-0.2, 0) is 0 Å². The molecule has 2 saturated heterocycles. The van der Waals surface area contributed by atoms with Gasteiger partial charge in [0.2, 0.25) is 0 Å². The Morgan fingerprint density at radius 2 is 2.06 bits per heavy atom. The average Bonchev–Trinajstić information content (AvgIpc) is 2.69. The molecular formula is C14H28N2. The van der Waals surface area contributed by atoms with Gasteiger partial charge in [-0.3, -0.25) is 5.43 Å². The maximum Gasteiger partial charge on any atom is 0.0525 e. The van der Waals surface area contributed by atoms with Crippen molar-refractivity contribution >= 4 is 0 Å². The number of fused-ring (bicyclic) bond motifs is 1. The summed E-state index contributed by atoms with van der Waals surface area (Å²) in [4.78, 5) is 0. The lowest BCUT2D eigenvalue weighted by Gasteiger charge is -2.32. The predicted molar refractivity (Wildman–Crippen MR) is 69.2 cm³/mol. The van der Waals surface area contributed by atoms with Crippen molar-refractivity contribution < 1.29 is 0 Å². The van der Waals surface area contributed by atoms with Crippen LogP contribution in [0, 0.1) is 5.92 Å². The highest BCUT2D eigenvalue weighted by molar-refractivity contribution is 5.22. The molecule has 0 bridgehead atoms. The molecule has 1 N–H and O–H groups in total. The Kier molecular flexibility index (Phi) is 3.09. The van der Waals surface area contributed by atoms with Gasteiger partial charge in [0.25, 0.3) is 0 Å². The molecule has 16 heavy (non-hydrogen) atoms. The molecule has 2 aliphatic heterocycles. The highest BCUT2D eigenvalue weighted by atomic mass is 15.7. The van der Waals surface area contributed by atoms with Crippen molar-refractivity contribution in [1.29, 1.82) is 0 Å². The van der Waals surface area contributed by atoms with Gasteiger partial charge in [-0.1, -0.05) is 26.7 Å². The zero-order chi connectivity index (χ0) is 12.0. The van der Waals surface area contributed by atoms with E-state index < -0.39 is 0 Å². The molecule has 4 atom stereocenters. The van der Waals surface area contributed by atoms with Crippen LogP contribution in [0.25, 0.3) is 0 Å². The first-order valence-electron chi connectivity index (χ1n) is 7.00. The standard InChI is InChI=1S/C14H28N2/c1-6-7-8-11(2)12-9-10-14(5)13(3,4)16(14)15-12/h11-12,15H,6-10H2,1-5H3. The summed E-state index contributed by atoms with van der Waals surface area (Å²) in [5.74, 6) is 0.820. The molecule has 2 heterocycles. The SMILES string of the molecule is CCCCC(C)C1CCC2(C)N(N1)C2(C)C. The largest absolute Gasteiger partial charge is 0.251 e. The van der Waals surface area contributed by atoms with Gasteiger partial charge in [-0.25, -0.2) is 5.01 Å². The van der Waals surface area contributed by atoms with E-state index in [-0.39, 0.29) is 0 Å². The smallest absolute Gasteiger partial charge is 0.0525 e. The molecule has 0 spiro atoms. The van der Waals surface area contributed by atoms with Crippen molar-refractivity contribution in [2.45, 2.75) is 83.8 Å². The van der Waals surface area contributed by atoms with Crippen molar-refractivity contribution in [3.63, 3.8) is 0 Å². The first kappa shape index (κ1) is 12.4. The van der Waals surface area contributed by atoms with Crippen LogP contribution >= 0.6 is 0 Å². The van der Waals surface area contributed by atoms with Gasteiger partial charge in [-0.05, 0) is 46.0 Å². The zero-order valence-electron chi connectivity index (χ0n) is 11.6. The van der Waals surface area contributed by atoms with Crippen LogP contribution in [0.4, 0.5) is 0 Å². The molecule has 2 nitrogen and oxygen atoms in total. The second-order valence-corrected chi connectivity index (χ2v) is 6.56. The van der Waals surface area contributed by atoms with E-state index in [4.69, 9.17) is 0 Å². The maximum absolute atomic E-state index is 3.76. The van der Waals surface area contributed by atoms with Crippen LogP contribution in [0.1, 0.15) is 66.7 Å². The Balaban J connectivity index is 1.89. The second kappa shape index (κ2) is 3.99. The molecule has 2 heteroatoms. The first-order chi connectivity index (χ1) is 7.43. The van der Waals surface area contributed by atoms with Gasteiger partial charge in [0.15, 0.2) is 0 Å². The third kappa shape index (κ3) is 1.70. The number of hydrogen-bond donors (Lipinski definition) is 1. The summed E-state index contributed by atoms with van der Waals surface area (Å²) in [6, 6.07) is 0.710. The molecule has 4 unspecified atom stereocenters. The monoisotopic (exact) mass is 224 g/mol. The third-order valence-corrected chi connectivity index (χ3v) is 5.26. The molecule has 0 aromatic heterocycles. The predicted octanol–water partition coefficient (Wildman–Crippen LogP) is 3.33. The van der Waals surface area contributed by atoms with E-state index in [1.54, 1.807) is 0 Å². The van der Waals surface area contributed by atoms with Crippen LogP contribution in [0.15, 0.2) is 0 Å². The Bertz CT molecular complexity index is 261. The van der Waals surface area contributed by atoms with E-state index in [0.717, 1.165) is 5.92 Å². The highest BCUT2D eigenvalue weighted by Gasteiger charge is 2.68. The summed E-state index contributed by atoms with van der Waals surface area (Å²) in [7, 11) is 0. The molecule has 0 radical (unpaired) electrons. The summed E-state index contributed by atoms with van der Waals surface area (Å²) in [6.45, 7) is 11.8. The van der Waals surface area contributed by atoms with Crippen molar-refractivity contribution in [2.75, 3.05) is 0 Å². The highest BCUT2D eigenvalue weighted by Crippen LogP contribution is 2.55. The first-order valence-corrected chi connectivity index (χ1v) is 7.00. The van der Waals surface area contributed by atoms with Gasteiger partial charge >= 0.3 is 0 Å². The quantitative estimate of drug-likeness (QED) is 0.737. The van der Waals surface area contributed by atoms with Gasteiger partial charge in [0, 0.05) is 11.6 Å². The van der Waals surface area contributed by atoms with Gasteiger partial charge in [0.1, 0.15) is 0 Å². The van der Waals surface area contributed by atoms with Crippen LogP contribution in [0.5, 0.6) is 0 Å². The summed E-state index contributed by atoms with van der Waals surface area (Å²) >= 11 is 0. The van der Waals surface area contributed by atoms with E-state index in [0.29, 0.717) is 17.1 Å². The van der Waals surface area contributed by atoms with Gasteiger partial charge in [-0.2, -0.15) is 0 Å². The van der Waals surface area contributed by atoms with Crippen LogP contribution in [0.2, 0.25) is 0 Å². The fraction of sp³-hybridized carbons (Fsp3) is 1.00. The van der Waals surface area contributed by atoms with E-state index in [2.05, 4.69) is 45.1 Å². The van der Waals surface area contributed by atoms with Gasteiger partial charge in [-0.15, -0.1) is 0 Å². The minimum absolute atomic E-state index is 0.367. The van der Waals surface area contributed by atoms with Gasteiger partial charge < -0.3 is 0 Å². The lowest BCUT2D eigenvalue weighted by molar-refractivity contribution is 0.151. The summed E-state index contributed by atoms with van der Waals surface area (Å²) < 4.78 is 0. The fourth-order valence-electron chi connectivity index (χ4n) is 3.35. The lowest BCUT2D eigenvalue weighted by atomic mass is 9.86. The average molecular weight is 224 g/mol. The third-order valence-electron chi connectivity index (χ3n) is 5.26. The summed E-state index contributed by atoms with van der Waals surface area (Å²) in [6.07, 6.45) is 6.78. The number of nitrogens with zero attached hydrogens (tertiary/aromatic N) is 1. The van der Waals surface area contributed by atoms with E-state index >= 15 is 0 Å². The molecule has 2 fully saturated rings. The Morgan fingerprint density at radius 3 is 2.62 bits per heavy atom. The van der Waals surface area contributed by atoms with Crippen molar-refractivity contribution in [3.8, 4) is 0 Å². The van der Waals surface area contributed by atoms with Crippen LogP contribution in [-0.4, -0.2) is 22.1 Å². The number of hydrazine groups is 1. The minimum Gasteiger partial charge on any atom is -0.251 e. The Hall–Kier alpha value is -0.0800. The fourth-order valence-corrected chi connectivity index (χ4v) is 3.35.